The van der Waals surface area contributed by atoms with Crippen LogP contribution in [0.5, 0.6) is 5.75 Å². The van der Waals surface area contributed by atoms with Gasteiger partial charge in [0.2, 0.25) is 12.3 Å². The van der Waals surface area contributed by atoms with Crippen molar-refractivity contribution < 1.29 is 19.1 Å². The molecule has 172 valence electrons. The molecule has 33 heavy (non-hydrogen) atoms. The van der Waals surface area contributed by atoms with Crippen molar-refractivity contribution in [3.05, 3.63) is 76.8 Å². The van der Waals surface area contributed by atoms with Gasteiger partial charge in [-0.25, -0.2) is 4.98 Å². The minimum Gasteiger partial charge on any atom is -0.497 e. The van der Waals surface area contributed by atoms with Crippen LogP contribution in [0.2, 0.25) is 0 Å². The van der Waals surface area contributed by atoms with Crippen molar-refractivity contribution in [2.75, 3.05) is 33.6 Å². The predicted octanol–water partition coefficient (Wildman–Crippen LogP) is 3.41. The molecule has 0 spiro atoms. The maximum atomic E-state index is 13.3. The van der Waals surface area contributed by atoms with E-state index in [4.69, 9.17) is 4.74 Å². The average molecular weight is 467 g/mol. The third kappa shape index (κ3) is 5.38. The Balaban J connectivity index is 0.000000555. The standard InChI is InChI=1S/C21H19N3O3S.C3H7NO/c1-24-18(13-7-9-14(27-2)10-8-13)17(19(25)23-21-22-11-12-28-21)15-5-3-4-6-16(15)20(24)26;1-4(2)3-5/h3-12,17-18H,1-2H3,(H,22,23,25);3H,1-2H3. The Bertz CT molecular complexity index is 1100. The number of fused-ring (bicyclic) bond motifs is 1. The zero-order valence-corrected chi connectivity index (χ0v) is 19.7. The molecule has 2 atom stereocenters. The second kappa shape index (κ2) is 10.7. The number of anilines is 1. The number of carbonyl (C=O) groups is 3. The molecule has 1 N–H and O–H groups in total. The zero-order chi connectivity index (χ0) is 24.0. The maximum Gasteiger partial charge on any atom is 0.254 e. The number of methoxy groups -OCH3 is 1. The highest BCUT2D eigenvalue weighted by atomic mass is 32.1. The second-order valence-corrected chi connectivity index (χ2v) is 8.49. The van der Waals surface area contributed by atoms with Crippen molar-refractivity contribution in [3.8, 4) is 5.75 Å². The molecule has 0 radical (unpaired) electrons. The van der Waals surface area contributed by atoms with E-state index in [9.17, 15) is 14.4 Å². The molecule has 1 aliphatic heterocycles. The summed E-state index contributed by atoms with van der Waals surface area (Å²) in [4.78, 5) is 42.9. The van der Waals surface area contributed by atoms with Crippen LogP contribution in [0.25, 0.3) is 0 Å². The highest BCUT2D eigenvalue weighted by molar-refractivity contribution is 7.13. The quantitative estimate of drug-likeness (QED) is 0.582. The van der Waals surface area contributed by atoms with Gasteiger partial charge in [-0.15, -0.1) is 11.3 Å². The molecule has 9 heteroatoms. The van der Waals surface area contributed by atoms with E-state index in [2.05, 4.69) is 10.3 Å². The molecule has 2 heterocycles. The molecule has 1 aromatic heterocycles. The first-order chi connectivity index (χ1) is 15.9. The van der Waals surface area contributed by atoms with Crippen LogP contribution in [0.1, 0.15) is 33.4 Å². The lowest BCUT2D eigenvalue weighted by Gasteiger charge is -2.39. The van der Waals surface area contributed by atoms with Crippen molar-refractivity contribution in [3.63, 3.8) is 0 Å². The normalized spacial score (nSPS) is 16.7. The molecule has 0 bridgehead atoms. The Hall–Kier alpha value is -3.72. The van der Waals surface area contributed by atoms with Gasteiger partial charge in [-0.2, -0.15) is 0 Å². The SMILES string of the molecule is CN(C)C=O.COc1ccc(C2C(C(=O)Nc3nccs3)c3ccccc3C(=O)N2C)cc1. The number of ether oxygens (including phenoxy) is 1. The van der Waals surface area contributed by atoms with E-state index >= 15 is 0 Å². The zero-order valence-electron chi connectivity index (χ0n) is 18.9. The molecule has 0 saturated carbocycles. The van der Waals surface area contributed by atoms with Gasteiger partial charge in [0.15, 0.2) is 5.13 Å². The number of aromatic nitrogens is 1. The van der Waals surface area contributed by atoms with Crippen LogP contribution in [-0.2, 0) is 9.59 Å². The fourth-order valence-electron chi connectivity index (χ4n) is 3.64. The Labute approximate surface area is 196 Å². The van der Waals surface area contributed by atoms with E-state index in [-0.39, 0.29) is 11.8 Å². The number of hydrogen-bond acceptors (Lipinski definition) is 6. The van der Waals surface area contributed by atoms with Crippen LogP contribution in [-0.4, -0.2) is 61.3 Å². The summed E-state index contributed by atoms with van der Waals surface area (Å²) in [6.45, 7) is 0. The van der Waals surface area contributed by atoms with E-state index in [1.165, 1.54) is 16.2 Å². The van der Waals surface area contributed by atoms with E-state index in [1.54, 1.807) is 50.8 Å². The fourth-order valence-corrected chi connectivity index (χ4v) is 4.17. The Morgan fingerprint density at radius 2 is 1.85 bits per heavy atom. The number of thiazole rings is 1. The van der Waals surface area contributed by atoms with Crippen LogP contribution in [0.15, 0.2) is 60.1 Å². The van der Waals surface area contributed by atoms with Gasteiger partial charge in [0.25, 0.3) is 5.91 Å². The predicted molar refractivity (Wildman–Crippen MR) is 128 cm³/mol. The monoisotopic (exact) mass is 466 g/mol. The van der Waals surface area contributed by atoms with Crippen molar-refractivity contribution in [2.24, 2.45) is 0 Å². The van der Waals surface area contributed by atoms with Gasteiger partial charge >= 0.3 is 0 Å². The summed E-state index contributed by atoms with van der Waals surface area (Å²) in [6, 6.07) is 14.3. The largest absolute Gasteiger partial charge is 0.497 e. The first-order valence-corrected chi connectivity index (χ1v) is 11.1. The van der Waals surface area contributed by atoms with Gasteiger partial charge in [-0.3, -0.25) is 14.4 Å². The van der Waals surface area contributed by atoms with Crippen molar-refractivity contribution in [1.82, 2.24) is 14.8 Å². The molecular weight excluding hydrogens is 440 g/mol. The summed E-state index contributed by atoms with van der Waals surface area (Å²) in [5.74, 6) is -0.133. The van der Waals surface area contributed by atoms with E-state index < -0.39 is 12.0 Å². The summed E-state index contributed by atoms with van der Waals surface area (Å²) < 4.78 is 5.24. The van der Waals surface area contributed by atoms with Crippen LogP contribution in [0.4, 0.5) is 5.13 Å². The molecule has 4 rings (SSSR count). The third-order valence-corrected chi connectivity index (χ3v) is 5.88. The molecule has 1 aliphatic rings. The topological polar surface area (TPSA) is 91.8 Å². The number of benzene rings is 2. The van der Waals surface area contributed by atoms with Crippen LogP contribution in [0, 0.1) is 0 Å². The first kappa shape index (κ1) is 23.9. The van der Waals surface area contributed by atoms with Gasteiger partial charge in [0, 0.05) is 38.3 Å². The lowest BCUT2D eigenvalue weighted by Crippen LogP contribution is -2.44. The summed E-state index contributed by atoms with van der Waals surface area (Å²) in [5.41, 5.74) is 2.14. The Morgan fingerprint density at radius 3 is 2.42 bits per heavy atom. The fraction of sp³-hybridized carbons (Fsp3) is 0.250. The number of rotatable bonds is 5. The second-order valence-electron chi connectivity index (χ2n) is 7.59. The number of nitrogens with one attached hydrogen (secondary N) is 1. The molecule has 3 aromatic rings. The lowest BCUT2D eigenvalue weighted by molar-refractivity contribution is -0.119. The van der Waals surface area contributed by atoms with E-state index in [0.717, 1.165) is 23.3 Å². The minimum atomic E-state index is -0.559. The van der Waals surface area contributed by atoms with Gasteiger partial charge in [-0.05, 0) is 29.3 Å². The number of amides is 3. The molecular formula is C24H26N4O4S. The van der Waals surface area contributed by atoms with Gasteiger partial charge in [0.05, 0.1) is 19.1 Å². The smallest absolute Gasteiger partial charge is 0.254 e. The van der Waals surface area contributed by atoms with Crippen molar-refractivity contribution >= 4 is 34.7 Å². The minimum absolute atomic E-state index is 0.102. The van der Waals surface area contributed by atoms with E-state index in [1.807, 2.05) is 42.5 Å². The van der Waals surface area contributed by atoms with Gasteiger partial charge in [-0.1, -0.05) is 30.3 Å². The number of likely N-dealkylation sites (N-methyl/N-ethyl adjacent to an activating group) is 1. The molecule has 0 aliphatic carbocycles. The molecule has 2 unspecified atom stereocenters. The summed E-state index contributed by atoms with van der Waals surface area (Å²) in [7, 11) is 6.71. The highest BCUT2D eigenvalue weighted by Crippen LogP contribution is 2.42. The van der Waals surface area contributed by atoms with Crippen LogP contribution in [0.3, 0.4) is 0 Å². The molecule has 2 aromatic carbocycles. The summed E-state index contributed by atoms with van der Waals surface area (Å²) >= 11 is 1.36. The first-order valence-electron chi connectivity index (χ1n) is 10.2. The van der Waals surface area contributed by atoms with Crippen LogP contribution >= 0.6 is 11.3 Å². The number of nitrogens with zero attached hydrogens (tertiary/aromatic N) is 3. The maximum absolute atomic E-state index is 13.3. The van der Waals surface area contributed by atoms with E-state index in [0.29, 0.717) is 10.7 Å². The number of hydrogen-bond donors (Lipinski definition) is 1. The van der Waals surface area contributed by atoms with Gasteiger partial charge < -0.3 is 19.9 Å². The summed E-state index contributed by atoms with van der Waals surface area (Å²) in [6.07, 6.45) is 2.39. The lowest BCUT2D eigenvalue weighted by atomic mass is 9.79. The van der Waals surface area contributed by atoms with Crippen LogP contribution < -0.4 is 10.1 Å². The molecule has 3 amide bonds. The number of carbonyl (C=O) groups excluding carboxylic acids is 3. The van der Waals surface area contributed by atoms with Gasteiger partial charge in [0.1, 0.15) is 5.75 Å². The van der Waals surface area contributed by atoms with Crippen molar-refractivity contribution in [2.45, 2.75) is 12.0 Å². The average Bonchev–Trinajstić information content (AvgIpc) is 3.34. The molecule has 0 fully saturated rings. The third-order valence-electron chi connectivity index (χ3n) is 5.19. The Kier molecular flexibility index (Phi) is 7.78. The molecule has 0 saturated heterocycles. The Morgan fingerprint density at radius 1 is 1.18 bits per heavy atom. The molecule has 8 nitrogen and oxygen atoms in total. The van der Waals surface area contributed by atoms with Crippen molar-refractivity contribution in [1.29, 1.82) is 0 Å². The summed E-state index contributed by atoms with van der Waals surface area (Å²) in [5, 5.41) is 5.24. The highest BCUT2D eigenvalue weighted by Gasteiger charge is 2.42.